The van der Waals surface area contributed by atoms with Gasteiger partial charge in [-0.3, -0.25) is 4.99 Å². The van der Waals surface area contributed by atoms with Crippen molar-refractivity contribution in [2.75, 3.05) is 13.6 Å². The average Bonchev–Trinajstić information content (AvgIpc) is 2.94. The maximum atomic E-state index is 5.88. The summed E-state index contributed by atoms with van der Waals surface area (Å²) in [5.41, 5.74) is 1.30. The third kappa shape index (κ3) is 7.50. The maximum Gasteiger partial charge on any atom is 0.191 e. The van der Waals surface area contributed by atoms with Crippen LogP contribution in [-0.4, -0.2) is 24.5 Å². The zero-order valence-corrected chi connectivity index (χ0v) is 17.2. The highest BCUT2D eigenvalue weighted by Gasteiger charge is 2.01. The van der Waals surface area contributed by atoms with E-state index in [2.05, 4.69) is 39.7 Å². The van der Waals surface area contributed by atoms with Crippen LogP contribution in [-0.2, 0) is 13.0 Å². The highest BCUT2D eigenvalue weighted by molar-refractivity contribution is 14.0. The van der Waals surface area contributed by atoms with Gasteiger partial charge in [0.05, 0.1) is 6.54 Å². The summed E-state index contributed by atoms with van der Waals surface area (Å²) in [6, 6.07) is 8.00. The summed E-state index contributed by atoms with van der Waals surface area (Å²) in [6.07, 6.45) is 3.95. The molecular formula is C16H22ClIN4S. The SMILES string of the molecule is CN=C(NCCCc1ccc(Cl)cc1)NCc1ncc(C)s1.I. The van der Waals surface area contributed by atoms with E-state index >= 15 is 0 Å². The molecule has 1 aromatic carbocycles. The lowest BCUT2D eigenvalue weighted by molar-refractivity contribution is 0.741. The average molecular weight is 465 g/mol. The van der Waals surface area contributed by atoms with Crippen molar-refractivity contribution in [3.05, 3.63) is 50.9 Å². The standard InChI is InChI=1S/C16H21ClN4S.HI/c1-12-10-20-15(22-12)11-21-16(18-2)19-9-3-4-13-5-7-14(17)8-6-13;/h5-8,10H,3-4,9,11H2,1-2H3,(H2,18,19,21);1H. The fourth-order valence-corrected chi connectivity index (χ4v) is 2.87. The van der Waals surface area contributed by atoms with Gasteiger partial charge < -0.3 is 10.6 Å². The first-order valence-electron chi connectivity index (χ1n) is 7.27. The Balaban J connectivity index is 0.00000264. The Hall–Kier alpha value is -0.860. The molecule has 0 atom stereocenters. The molecule has 0 aliphatic rings. The number of nitrogens with zero attached hydrogens (tertiary/aromatic N) is 2. The molecule has 4 nitrogen and oxygen atoms in total. The van der Waals surface area contributed by atoms with Gasteiger partial charge in [0.25, 0.3) is 0 Å². The van der Waals surface area contributed by atoms with E-state index in [-0.39, 0.29) is 24.0 Å². The van der Waals surface area contributed by atoms with E-state index in [1.807, 2.05) is 18.3 Å². The molecule has 0 unspecified atom stereocenters. The van der Waals surface area contributed by atoms with Crippen molar-refractivity contribution in [2.24, 2.45) is 4.99 Å². The van der Waals surface area contributed by atoms with Gasteiger partial charge in [0.1, 0.15) is 5.01 Å². The first-order chi connectivity index (χ1) is 10.7. The molecule has 0 saturated heterocycles. The molecule has 1 heterocycles. The highest BCUT2D eigenvalue weighted by Crippen LogP contribution is 2.11. The van der Waals surface area contributed by atoms with E-state index in [0.717, 1.165) is 35.4 Å². The van der Waals surface area contributed by atoms with Crippen LogP contribution < -0.4 is 10.6 Å². The van der Waals surface area contributed by atoms with Crippen LogP contribution in [0.5, 0.6) is 0 Å². The van der Waals surface area contributed by atoms with Crippen LogP contribution in [0.1, 0.15) is 21.9 Å². The van der Waals surface area contributed by atoms with Gasteiger partial charge in [0.2, 0.25) is 0 Å². The predicted molar refractivity (Wildman–Crippen MR) is 110 cm³/mol. The second-order valence-electron chi connectivity index (χ2n) is 4.95. The van der Waals surface area contributed by atoms with Gasteiger partial charge in [-0.15, -0.1) is 35.3 Å². The lowest BCUT2D eigenvalue weighted by atomic mass is 10.1. The van der Waals surface area contributed by atoms with E-state index in [1.54, 1.807) is 18.4 Å². The Morgan fingerprint density at radius 3 is 2.61 bits per heavy atom. The third-order valence-corrected chi connectivity index (χ3v) is 4.31. The molecule has 0 amide bonds. The van der Waals surface area contributed by atoms with Gasteiger partial charge >= 0.3 is 0 Å². The molecule has 0 aliphatic heterocycles. The molecule has 7 heteroatoms. The zero-order valence-electron chi connectivity index (χ0n) is 13.3. The topological polar surface area (TPSA) is 49.3 Å². The van der Waals surface area contributed by atoms with Gasteiger partial charge in [0.15, 0.2) is 5.96 Å². The minimum atomic E-state index is 0. The maximum absolute atomic E-state index is 5.88. The van der Waals surface area contributed by atoms with Crippen molar-refractivity contribution in [3.63, 3.8) is 0 Å². The largest absolute Gasteiger partial charge is 0.356 e. The van der Waals surface area contributed by atoms with Crippen LogP contribution in [0.3, 0.4) is 0 Å². The summed E-state index contributed by atoms with van der Waals surface area (Å²) in [7, 11) is 1.78. The van der Waals surface area contributed by atoms with Gasteiger partial charge in [-0.1, -0.05) is 23.7 Å². The molecule has 126 valence electrons. The molecule has 2 N–H and O–H groups in total. The number of nitrogens with one attached hydrogen (secondary N) is 2. The smallest absolute Gasteiger partial charge is 0.191 e. The van der Waals surface area contributed by atoms with Crippen LogP contribution in [0.4, 0.5) is 0 Å². The summed E-state index contributed by atoms with van der Waals surface area (Å²) < 4.78 is 0. The molecule has 0 bridgehead atoms. The van der Waals surface area contributed by atoms with E-state index in [0.29, 0.717) is 6.54 Å². The fourth-order valence-electron chi connectivity index (χ4n) is 2.01. The minimum absolute atomic E-state index is 0. The third-order valence-electron chi connectivity index (χ3n) is 3.15. The molecule has 0 aliphatic carbocycles. The Morgan fingerprint density at radius 1 is 1.26 bits per heavy atom. The number of hydrogen-bond acceptors (Lipinski definition) is 3. The molecule has 2 aromatic rings. The summed E-state index contributed by atoms with van der Waals surface area (Å²) in [4.78, 5) is 9.77. The minimum Gasteiger partial charge on any atom is -0.356 e. The van der Waals surface area contributed by atoms with Crippen LogP contribution >= 0.6 is 46.9 Å². The molecular weight excluding hydrogens is 443 g/mol. The van der Waals surface area contributed by atoms with Crippen molar-refractivity contribution >= 4 is 52.9 Å². The fraction of sp³-hybridized carbons (Fsp3) is 0.375. The number of rotatable bonds is 6. The Bertz CT molecular complexity index is 613. The molecule has 23 heavy (non-hydrogen) atoms. The number of guanidine groups is 1. The number of thiazole rings is 1. The second kappa shape index (κ2) is 10.8. The molecule has 0 saturated carbocycles. The van der Waals surface area contributed by atoms with E-state index in [4.69, 9.17) is 11.6 Å². The lowest BCUT2D eigenvalue weighted by Crippen LogP contribution is -2.37. The number of aryl methyl sites for hydroxylation is 2. The first-order valence-corrected chi connectivity index (χ1v) is 8.47. The van der Waals surface area contributed by atoms with Crippen LogP contribution in [0.25, 0.3) is 0 Å². The van der Waals surface area contributed by atoms with Crippen LogP contribution in [0.2, 0.25) is 5.02 Å². The van der Waals surface area contributed by atoms with Crippen molar-refractivity contribution in [2.45, 2.75) is 26.3 Å². The van der Waals surface area contributed by atoms with Crippen LogP contribution in [0.15, 0.2) is 35.5 Å². The number of aromatic nitrogens is 1. The van der Waals surface area contributed by atoms with Gasteiger partial charge in [-0.05, 0) is 37.5 Å². The number of benzene rings is 1. The van der Waals surface area contributed by atoms with Crippen molar-refractivity contribution in [1.29, 1.82) is 0 Å². The molecule has 1 aromatic heterocycles. The van der Waals surface area contributed by atoms with Crippen LogP contribution in [0, 0.1) is 6.92 Å². The van der Waals surface area contributed by atoms with E-state index in [1.165, 1.54) is 10.4 Å². The van der Waals surface area contributed by atoms with Gasteiger partial charge in [-0.2, -0.15) is 0 Å². The zero-order chi connectivity index (χ0) is 15.8. The molecule has 0 radical (unpaired) electrons. The normalized spacial score (nSPS) is 11.0. The lowest BCUT2D eigenvalue weighted by Gasteiger charge is -2.10. The summed E-state index contributed by atoms with van der Waals surface area (Å²) >= 11 is 7.58. The quantitative estimate of drug-likeness (QED) is 0.294. The number of aliphatic imine (C=N–C) groups is 1. The van der Waals surface area contributed by atoms with Gasteiger partial charge in [-0.25, -0.2) is 4.98 Å². The number of hydrogen-bond donors (Lipinski definition) is 2. The summed E-state index contributed by atoms with van der Waals surface area (Å²) in [5, 5.41) is 8.44. The molecule has 0 spiro atoms. The number of halogens is 2. The van der Waals surface area contributed by atoms with E-state index < -0.39 is 0 Å². The molecule has 2 rings (SSSR count). The Morgan fingerprint density at radius 2 is 2.00 bits per heavy atom. The van der Waals surface area contributed by atoms with Crippen molar-refractivity contribution in [3.8, 4) is 0 Å². The molecule has 0 fully saturated rings. The first kappa shape index (κ1) is 20.2. The van der Waals surface area contributed by atoms with E-state index in [9.17, 15) is 0 Å². The highest BCUT2D eigenvalue weighted by atomic mass is 127. The predicted octanol–water partition coefficient (Wildman–Crippen LogP) is 4.02. The van der Waals surface area contributed by atoms with Crippen molar-refractivity contribution in [1.82, 2.24) is 15.6 Å². The summed E-state index contributed by atoms with van der Waals surface area (Å²) in [6.45, 7) is 3.64. The second-order valence-corrected chi connectivity index (χ2v) is 6.70. The monoisotopic (exact) mass is 464 g/mol. The Labute approximate surface area is 163 Å². The Kier molecular flexibility index (Phi) is 9.50. The summed E-state index contributed by atoms with van der Waals surface area (Å²) in [5.74, 6) is 0.809. The van der Waals surface area contributed by atoms with Crippen molar-refractivity contribution < 1.29 is 0 Å². The van der Waals surface area contributed by atoms with Gasteiger partial charge in [0, 0.05) is 29.7 Å².